The monoisotopic (exact) mass is 336 g/mol. The normalized spacial score (nSPS) is 11.6. The van der Waals surface area contributed by atoms with E-state index >= 15 is 0 Å². The first-order valence-corrected chi connectivity index (χ1v) is 7.57. The zero-order valence-corrected chi connectivity index (χ0v) is 12.3. The standard InChI is InChI=1S/C12H8ClF3N2S2/c1-7(13)6-20-11-17-8(9-3-2-4-19-9)5-10(18-11)12(14,15)16/h2-5H,1,6H2. The summed E-state index contributed by atoms with van der Waals surface area (Å²) in [6, 6.07) is 4.41. The number of thioether (sulfide) groups is 1. The van der Waals surface area contributed by atoms with Crippen LogP contribution < -0.4 is 0 Å². The Bertz CT molecular complexity index is 612. The van der Waals surface area contributed by atoms with E-state index in [-0.39, 0.29) is 16.6 Å². The number of aromatic nitrogens is 2. The minimum atomic E-state index is -4.51. The van der Waals surface area contributed by atoms with Crippen LogP contribution in [0.3, 0.4) is 0 Å². The number of hydrogen-bond acceptors (Lipinski definition) is 4. The van der Waals surface area contributed by atoms with Gasteiger partial charge in [-0.2, -0.15) is 13.2 Å². The van der Waals surface area contributed by atoms with Crippen LogP contribution in [0.15, 0.2) is 40.3 Å². The summed E-state index contributed by atoms with van der Waals surface area (Å²) in [5, 5.41) is 2.14. The highest BCUT2D eigenvalue weighted by molar-refractivity contribution is 7.99. The van der Waals surface area contributed by atoms with E-state index in [1.54, 1.807) is 17.5 Å². The lowest BCUT2D eigenvalue weighted by atomic mass is 10.3. The quantitative estimate of drug-likeness (QED) is 0.576. The van der Waals surface area contributed by atoms with Crippen LogP contribution in [-0.4, -0.2) is 15.7 Å². The number of alkyl halides is 3. The second-order valence-electron chi connectivity index (χ2n) is 3.70. The van der Waals surface area contributed by atoms with Crippen LogP contribution in [0.1, 0.15) is 5.69 Å². The van der Waals surface area contributed by atoms with Crippen LogP contribution in [0.25, 0.3) is 10.6 Å². The largest absolute Gasteiger partial charge is 0.433 e. The van der Waals surface area contributed by atoms with Crippen molar-refractivity contribution < 1.29 is 13.2 Å². The SMILES string of the molecule is C=C(Cl)CSc1nc(-c2cccs2)cc(C(F)(F)F)n1. The van der Waals surface area contributed by atoms with Gasteiger partial charge in [0.2, 0.25) is 0 Å². The molecule has 0 N–H and O–H groups in total. The van der Waals surface area contributed by atoms with Crippen molar-refractivity contribution in [2.75, 3.05) is 5.75 Å². The van der Waals surface area contributed by atoms with Crippen LogP contribution in [-0.2, 0) is 6.18 Å². The van der Waals surface area contributed by atoms with Gasteiger partial charge in [-0.25, -0.2) is 9.97 Å². The Labute approximate surface area is 126 Å². The molecule has 8 heteroatoms. The van der Waals surface area contributed by atoms with Crippen molar-refractivity contribution in [3.8, 4) is 10.6 Å². The van der Waals surface area contributed by atoms with E-state index in [4.69, 9.17) is 11.6 Å². The molecule has 0 spiro atoms. The lowest BCUT2D eigenvalue weighted by Gasteiger charge is -2.09. The number of nitrogens with zero attached hydrogens (tertiary/aromatic N) is 2. The van der Waals surface area contributed by atoms with Crippen molar-refractivity contribution in [1.29, 1.82) is 0 Å². The van der Waals surface area contributed by atoms with Gasteiger partial charge in [0.25, 0.3) is 0 Å². The predicted octanol–water partition coefficient (Wildman–Crippen LogP) is 5.07. The van der Waals surface area contributed by atoms with Gasteiger partial charge in [0.05, 0.1) is 10.6 Å². The first-order chi connectivity index (χ1) is 9.36. The van der Waals surface area contributed by atoms with Crippen LogP contribution in [0, 0.1) is 0 Å². The molecule has 106 valence electrons. The Morgan fingerprint density at radius 3 is 2.70 bits per heavy atom. The molecule has 20 heavy (non-hydrogen) atoms. The average molecular weight is 337 g/mol. The molecule has 0 unspecified atom stereocenters. The van der Waals surface area contributed by atoms with Gasteiger partial charge in [-0.15, -0.1) is 11.3 Å². The molecule has 0 saturated carbocycles. The Hall–Kier alpha value is -1.05. The predicted molar refractivity (Wildman–Crippen MR) is 76.1 cm³/mol. The van der Waals surface area contributed by atoms with Gasteiger partial charge >= 0.3 is 6.18 Å². The molecular formula is C12H8ClF3N2S2. The van der Waals surface area contributed by atoms with Crippen molar-refractivity contribution >= 4 is 34.7 Å². The summed E-state index contributed by atoms with van der Waals surface area (Å²) in [6.45, 7) is 3.48. The molecule has 0 saturated heterocycles. The van der Waals surface area contributed by atoms with E-state index < -0.39 is 11.9 Å². The Balaban J connectivity index is 2.42. The van der Waals surface area contributed by atoms with Gasteiger partial charge in [0.15, 0.2) is 5.16 Å². The maximum absolute atomic E-state index is 12.8. The third kappa shape index (κ3) is 3.97. The van der Waals surface area contributed by atoms with Crippen LogP contribution in [0.5, 0.6) is 0 Å². The second-order valence-corrected chi connectivity index (χ2v) is 6.13. The Morgan fingerprint density at radius 1 is 1.40 bits per heavy atom. The van der Waals surface area contributed by atoms with E-state index in [0.29, 0.717) is 9.91 Å². The molecule has 0 amide bonds. The summed E-state index contributed by atoms with van der Waals surface area (Å²) in [5.74, 6) is 0.257. The second kappa shape index (κ2) is 6.15. The molecule has 2 aromatic rings. The highest BCUT2D eigenvalue weighted by Gasteiger charge is 2.33. The summed E-state index contributed by atoms with van der Waals surface area (Å²) in [6.07, 6.45) is -4.51. The third-order valence-corrected chi connectivity index (χ3v) is 4.25. The first kappa shape index (κ1) is 15.3. The van der Waals surface area contributed by atoms with E-state index in [1.807, 2.05) is 0 Å². The molecule has 2 aromatic heterocycles. The molecule has 0 bridgehead atoms. The Morgan fingerprint density at radius 2 is 2.15 bits per heavy atom. The van der Waals surface area contributed by atoms with Crippen molar-refractivity contribution in [2.24, 2.45) is 0 Å². The zero-order chi connectivity index (χ0) is 14.8. The molecule has 0 fully saturated rings. The topological polar surface area (TPSA) is 25.8 Å². The lowest BCUT2D eigenvalue weighted by molar-refractivity contribution is -0.141. The van der Waals surface area contributed by atoms with Gasteiger partial charge < -0.3 is 0 Å². The van der Waals surface area contributed by atoms with E-state index in [9.17, 15) is 13.2 Å². The van der Waals surface area contributed by atoms with Crippen LogP contribution in [0.4, 0.5) is 13.2 Å². The summed E-state index contributed by atoms with van der Waals surface area (Å²) in [7, 11) is 0. The maximum atomic E-state index is 12.8. The zero-order valence-electron chi connectivity index (χ0n) is 9.95. The van der Waals surface area contributed by atoms with Gasteiger partial charge in [0.1, 0.15) is 5.69 Å². The molecule has 0 atom stereocenters. The van der Waals surface area contributed by atoms with Crippen molar-refractivity contribution in [1.82, 2.24) is 9.97 Å². The molecule has 0 aliphatic carbocycles. The summed E-state index contributed by atoms with van der Waals surface area (Å²) in [5.41, 5.74) is -0.705. The molecule has 0 aliphatic rings. The number of thiophene rings is 1. The summed E-state index contributed by atoms with van der Waals surface area (Å²) < 4.78 is 38.5. The van der Waals surface area contributed by atoms with Crippen LogP contribution >= 0.6 is 34.7 Å². The molecule has 2 nitrogen and oxygen atoms in total. The maximum Gasteiger partial charge on any atom is 0.433 e. The molecule has 2 rings (SSSR count). The number of halogens is 4. The fourth-order valence-electron chi connectivity index (χ4n) is 1.33. The highest BCUT2D eigenvalue weighted by Crippen LogP contribution is 2.33. The first-order valence-electron chi connectivity index (χ1n) is 5.32. The number of rotatable bonds is 4. The summed E-state index contributed by atoms with van der Waals surface area (Å²) >= 11 is 7.94. The summed E-state index contributed by atoms with van der Waals surface area (Å²) in [4.78, 5) is 8.30. The van der Waals surface area contributed by atoms with Gasteiger partial charge in [-0.1, -0.05) is 36.0 Å². The smallest absolute Gasteiger partial charge is 0.222 e. The van der Waals surface area contributed by atoms with Gasteiger partial charge in [-0.05, 0) is 17.5 Å². The lowest BCUT2D eigenvalue weighted by Crippen LogP contribution is -2.10. The fraction of sp³-hybridized carbons (Fsp3) is 0.167. The minimum absolute atomic E-state index is 0.0324. The van der Waals surface area contributed by atoms with E-state index in [0.717, 1.165) is 17.8 Å². The Kier molecular flexibility index (Phi) is 4.72. The highest BCUT2D eigenvalue weighted by atomic mass is 35.5. The molecule has 2 heterocycles. The van der Waals surface area contributed by atoms with Crippen molar-refractivity contribution in [3.63, 3.8) is 0 Å². The van der Waals surface area contributed by atoms with Crippen LogP contribution in [0.2, 0.25) is 0 Å². The van der Waals surface area contributed by atoms with E-state index in [2.05, 4.69) is 16.5 Å². The van der Waals surface area contributed by atoms with Gasteiger partial charge in [0, 0.05) is 10.8 Å². The third-order valence-electron chi connectivity index (χ3n) is 2.13. The molecular weight excluding hydrogens is 329 g/mol. The van der Waals surface area contributed by atoms with Gasteiger partial charge in [-0.3, -0.25) is 0 Å². The fourth-order valence-corrected chi connectivity index (χ4v) is 2.79. The molecule has 0 aromatic carbocycles. The number of hydrogen-bond donors (Lipinski definition) is 0. The average Bonchev–Trinajstić information content (AvgIpc) is 2.89. The molecule has 0 radical (unpaired) electrons. The van der Waals surface area contributed by atoms with E-state index in [1.165, 1.54) is 11.3 Å². The minimum Gasteiger partial charge on any atom is -0.222 e. The van der Waals surface area contributed by atoms with Crippen molar-refractivity contribution in [3.05, 3.63) is 40.9 Å². The van der Waals surface area contributed by atoms with Crippen molar-refractivity contribution in [2.45, 2.75) is 11.3 Å². The molecule has 0 aliphatic heterocycles.